The Kier molecular flexibility index (Phi) is 5.15. The molecular weight excluding hydrogens is 266 g/mol. The largest absolute Gasteiger partial charge is 0.312 e. The van der Waals surface area contributed by atoms with Crippen LogP contribution in [0.25, 0.3) is 0 Å². The number of benzene rings is 1. The van der Waals surface area contributed by atoms with Gasteiger partial charge in [-0.3, -0.25) is 4.98 Å². The maximum atomic E-state index is 4.31. The summed E-state index contributed by atoms with van der Waals surface area (Å²) in [5, 5.41) is 4.39. The lowest BCUT2D eigenvalue weighted by Crippen LogP contribution is -2.21. The van der Waals surface area contributed by atoms with Crippen molar-refractivity contribution in [1.29, 1.82) is 0 Å². The molecule has 0 bridgehead atoms. The molecule has 0 aliphatic rings. The summed E-state index contributed by atoms with van der Waals surface area (Å²) in [7, 11) is 2.01. The van der Waals surface area contributed by atoms with E-state index in [0.717, 1.165) is 10.8 Å². The van der Waals surface area contributed by atoms with E-state index in [0.29, 0.717) is 6.04 Å². The average Bonchev–Trinajstić information content (AvgIpc) is 2.42. The van der Waals surface area contributed by atoms with E-state index < -0.39 is 0 Å². The number of nitrogens with zero attached hydrogens (tertiary/aromatic N) is 2. The van der Waals surface area contributed by atoms with Crippen molar-refractivity contribution in [3.8, 4) is 0 Å². The molecular formula is C16H21N3S. The quantitative estimate of drug-likeness (QED) is 0.855. The van der Waals surface area contributed by atoms with E-state index in [9.17, 15) is 0 Å². The van der Waals surface area contributed by atoms with Gasteiger partial charge in [0.05, 0.1) is 6.20 Å². The van der Waals surface area contributed by atoms with Gasteiger partial charge in [0.2, 0.25) is 0 Å². The van der Waals surface area contributed by atoms with Crippen LogP contribution in [0.3, 0.4) is 0 Å². The molecule has 1 aromatic heterocycles. The molecule has 20 heavy (non-hydrogen) atoms. The van der Waals surface area contributed by atoms with Crippen LogP contribution >= 0.6 is 11.8 Å². The first-order valence-corrected chi connectivity index (χ1v) is 7.74. The highest BCUT2D eigenvalue weighted by Crippen LogP contribution is 2.28. The summed E-state index contributed by atoms with van der Waals surface area (Å²) in [6, 6.07) is 4.82. The summed E-state index contributed by atoms with van der Waals surface area (Å²) in [5.74, 6) is 0.944. The zero-order valence-corrected chi connectivity index (χ0v) is 13.3. The molecule has 0 radical (unpaired) electrons. The van der Waals surface area contributed by atoms with E-state index in [1.807, 2.05) is 13.2 Å². The van der Waals surface area contributed by atoms with Crippen LogP contribution in [0.5, 0.6) is 0 Å². The van der Waals surface area contributed by atoms with E-state index in [2.05, 4.69) is 48.2 Å². The van der Waals surface area contributed by atoms with Crippen molar-refractivity contribution in [2.75, 3.05) is 12.8 Å². The fourth-order valence-electron chi connectivity index (χ4n) is 2.58. The van der Waals surface area contributed by atoms with E-state index in [1.54, 1.807) is 24.2 Å². The van der Waals surface area contributed by atoms with Gasteiger partial charge in [0.25, 0.3) is 0 Å². The number of thioether (sulfide) groups is 1. The van der Waals surface area contributed by atoms with Crippen molar-refractivity contribution >= 4 is 11.8 Å². The molecule has 0 aliphatic carbocycles. The third-order valence-electron chi connectivity index (χ3n) is 3.37. The zero-order valence-electron chi connectivity index (χ0n) is 12.5. The Morgan fingerprint density at radius 2 is 1.85 bits per heavy atom. The number of hydrogen-bond acceptors (Lipinski definition) is 4. The van der Waals surface area contributed by atoms with Crippen LogP contribution in [0.15, 0.2) is 35.7 Å². The van der Waals surface area contributed by atoms with E-state index in [4.69, 9.17) is 0 Å². The molecule has 2 rings (SSSR count). The van der Waals surface area contributed by atoms with Crippen LogP contribution in [0.1, 0.15) is 28.3 Å². The molecule has 0 aliphatic heterocycles. The van der Waals surface area contributed by atoms with Crippen molar-refractivity contribution in [1.82, 2.24) is 15.3 Å². The van der Waals surface area contributed by atoms with E-state index >= 15 is 0 Å². The molecule has 1 heterocycles. The van der Waals surface area contributed by atoms with E-state index in [1.165, 1.54) is 22.3 Å². The topological polar surface area (TPSA) is 37.8 Å². The first-order chi connectivity index (χ1) is 9.61. The molecule has 0 amide bonds. The molecule has 106 valence electrons. The summed E-state index contributed by atoms with van der Waals surface area (Å²) >= 11 is 1.73. The summed E-state index contributed by atoms with van der Waals surface area (Å²) in [6.45, 7) is 6.52. The molecule has 1 aromatic carbocycles. The summed E-state index contributed by atoms with van der Waals surface area (Å²) < 4.78 is 0. The molecule has 3 nitrogen and oxygen atoms in total. The number of aromatic nitrogens is 2. The molecule has 0 saturated heterocycles. The predicted octanol–water partition coefficient (Wildman–Crippen LogP) is 3.45. The minimum Gasteiger partial charge on any atom is -0.312 e. The van der Waals surface area contributed by atoms with Crippen LogP contribution in [0.2, 0.25) is 0 Å². The fourth-order valence-corrected chi connectivity index (χ4v) is 3.52. The van der Waals surface area contributed by atoms with Crippen molar-refractivity contribution in [3.05, 3.63) is 53.0 Å². The maximum Gasteiger partial charge on any atom is 0.114 e. The second-order valence-electron chi connectivity index (χ2n) is 5.01. The number of hydrogen-bond donors (Lipinski definition) is 1. The average molecular weight is 287 g/mol. The van der Waals surface area contributed by atoms with Crippen LogP contribution < -0.4 is 5.32 Å². The predicted molar refractivity (Wildman–Crippen MR) is 85.2 cm³/mol. The lowest BCUT2D eigenvalue weighted by Gasteiger charge is -2.21. The molecule has 1 N–H and O–H groups in total. The lowest BCUT2D eigenvalue weighted by atomic mass is 9.95. The third-order valence-corrected chi connectivity index (χ3v) is 4.38. The Hall–Kier alpha value is -1.39. The lowest BCUT2D eigenvalue weighted by molar-refractivity contribution is 0.653. The standard InChI is InChI=1S/C16H21N3S/c1-11-7-12(2)16(13(3)8-11)14(17-4)10-20-15-9-18-5-6-19-15/h5-9,14,17H,10H2,1-4H3. The Labute approximate surface area is 125 Å². The molecule has 2 aromatic rings. The van der Waals surface area contributed by atoms with Crippen molar-refractivity contribution in [3.63, 3.8) is 0 Å². The second kappa shape index (κ2) is 6.86. The smallest absolute Gasteiger partial charge is 0.114 e. The third kappa shape index (κ3) is 3.58. The first-order valence-electron chi connectivity index (χ1n) is 6.75. The highest BCUT2D eigenvalue weighted by atomic mass is 32.2. The van der Waals surface area contributed by atoms with Gasteiger partial charge in [-0.1, -0.05) is 17.7 Å². The Balaban J connectivity index is 2.17. The highest BCUT2D eigenvalue weighted by Gasteiger charge is 2.15. The van der Waals surface area contributed by atoms with Crippen molar-refractivity contribution < 1.29 is 0 Å². The summed E-state index contributed by atoms with van der Waals surface area (Å²) in [6.07, 6.45) is 5.25. The van der Waals surface area contributed by atoms with Gasteiger partial charge in [-0.05, 0) is 44.5 Å². The molecule has 1 unspecified atom stereocenters. The zero-order chi connectivity index (χ0) is 14.5. The van der Waals surface area contributed by atoms with Gasteiger partial charge in [0.15, 0.2) is 0 Å². The van der Waals surface area contributed by atoms with Crippen molar-refractivity contribution in [2.45, 2.75) is 31.8 Å². The Morgan fingerprint density at radius 3 is 2.40 bits per heavy atom. The first kappa shape index (κ1) is 15.0. The molecule has 1 atom stereocenters. The van der Waals surface area contributed by atoms with Gasteiger partial charge in [0, 0.05) is 24.2 Å². The number of rotatable bonds is 5. The molecule has 4 heteroatoms. The van der Waals surface area contributed by atoms with Crippen LogP contribution in [-0.4, -0.2) is 22.8 Å². The van der Waals surface area contributed by atoms with E-state index in [-0.39, 0.29) is 0 Å². The van der Waals surface area contributed by atoms with Gasteiger partial charge in [-0.25, -0.2) is 4.98 Å². The van der Waals surface area contributed by atoms with Crippen LogP contribution in [0, 0.1) is 20.8 Å². The Morgan fingerprint density at radius 1 is 1.15 bits per heavy atom. The van der Waals surface area contributed by atoms with Gasteiger partial charge >= 0.3 is 0 Å². The second-order valence-corrected chi connectivity index (χ2v) is 6.05. The van der Waals surface area contributed by atoms with Gasteiger partial charge in [-0.15, -0.1) is 11.8 Å². The molecule has 0 spiro atoms. The number of nitrogens with one attached hydrogen (secondary N) is 1. The SMILES string of the molecule is CNC(CSc1cnccn1)c1c(C)cc(C)cc1C. The molecule has 0 saturated carbocycles. The van der Waals surface area contributed by atoms with Gasteiger partial charge in [0.1, 0.15) is 5.03 Å². The fraction of sp³-hybridized carbons (Fsp3) is 0.375. The number of aryl methyl sites for hydroxylation is 3. The minimum atomic E-state index is 0.322. The minimum absolute atomic E-state index is 0.322. The summed E-state index contributed by atoms with van der Waals surface area (Å²) in [5.41, 5.74) is 5.41. The van der Waals surface area contributed by atoms with Gasteiger partial charge < -0.3 is 5.32 Å². The van der Waals surface area contributed by atoms with Crippen LogP contribution in [0.4, 0.5) is 0 Å². The van der Waals surface area contributed by atoms with Crippen LogP contribution in [-0.2, 0) is 0 Å². The monoisotopic (exact) mass is 287 g/mol. The summed E-state index contributed by atoms with van der Waals surface area (Å²) in [4.78, 5) is 8.41. The maximum absolute atomic E-state index is 4.31. The van der Waals surface area contributed by atoms with Crippen molar-refractivity contribution in [2.24, 2.45) is 0 Å². The Bertz CT molecular complexity index is 546. The highest BCUT2D eigenvalue weighted by molar-refractivity contribution is 7.99. The molecule has 0 fully saturated rings. The normalized spacial score (nSPS) is 12.4. The van der Waals surface area contributed by atoms with Gasteiger partial charge in [-0.2, -0.15) is 0 Å².